The summed E-state index contributed by atoms with van der Waals surface area (Å²) < 4.78 is 4.78. The number of benzene rings is 1. The van der Waals surface area contributed by atoms with Crippen molar-refractivity contribution in [2.75, 3.05) is 30.8 Å². The Morgan fingerprint density at radius 1 is 1.33 bits per heavy atom. The largest absolute Gasteiger partial charge is 0.465 e. The molecular formula is C14H18ClN3O3. The molecule has 1 heterocycles. The van der Waals surface area contributed by atoms with Crippen molar-refractivity contribution >= 4 is 34.9 Å². The number of anilines is 2. The molecule has 21 heavy (non-hydrogen) atoms. The van der Waals surface area contributed by atoms with Crippen LogP contribution in [0.1, 0.15) is 23.2 Å². The first kappa shape index (κ1) is 15.4. The number of hydrogen-bond donors (Lipinski definition) is 2. The number of carbonyl (C=O) groups excluding carboxylic acids is 2. The van der Waals surface area contributed by atoms with Gasteiger partial charge in [0.2, 0.25) is 5.91 Å². The van der Waals surface area contributed by atoms with Gasteiger partial charge in [-0.15, -0.1) is 0 Å². The fraction of sp³-hybridized carbons (Fsp3) is 0.429. The number of esters is 1. The van der Waals surface area contributed by atoms with Crippen LogP contribution in [-0.2, 0) is 9.53 Å². The van der Waals surface area contributed by atoms with E-state index < -0.39 is 5.97 Å². The molecule has 1 amide bonds. The van der Waals surface area contributed by atoms with Crippen LogP contribution in [0.5, 0.6) is 0 Å². The van der Waals surface area contributed by atoms with E-state index in [1.165, 1.54) is 7.11 Å². The van der Waals surface area contributed by atoms with Gasteiger partial charge in [0.25, 0.3) is 0 Å². The van der Waals surface area contributed by atoms with E-state index in [0.29, 0.717) is 47.9 Å². The van der Waals surface area contributed by atoms with E-state index in [2.05, 4.69) is 0 Å². The molecule has 114 valence electrons. The van der Waals surface area contributed by atoms with E-state index in [1.807, 2.05) is 4.90 Å². The molecule has 1 aromatic rings. The molecule has 0 aromatic heterocycles. The van der Waals surface area contributed by atoms with E-state index in [1.54, 1.807) is 12.1 Å². The summed E-state index contributed by atoms with van der Waals surface area (Å²) in [5.41, 5.74) is 12.4. The van der Waals surface area contributed by atoms with Crippen molar-refractivity contribution < 1.29 is 14.3 Å². The predicted octanol–water partition coefficient (Wildman–Crippen LogP) is 1.41. The number of amides is 1. The third-order valence-electron chi connectivity index (χ3n) is 3.70. The fourth-order valence-electron chi connectivity index (χ4n) is 2.59. The van der Waals surface area contributed by atoms with Gasteiger partial charge < -0.3 is 21.1 Å². The molecule has 2 rings (SSSR count). The number of ether oxygens (including phenoxy) is 1. The molecule has 1 fully saturated rings. The zero-order chi connectivity index (χ0) is 15.6. The highest BCUT2D eigenvalue weighted by molar-refractivity contribution is 6.34. The van der Waals surface area contributed by atoms with Crippen LogP contribution in [0.4, 0.5) is 11.4 Å². The number of nitrogens with two attached hydrogens (primary N) is 2. The normalized spacial score (nSPS) is 15.8. The van der Waals surface area contributed by atoms with Crippen molar-refractivity contribution in [1.82, 2.24) is 0 Å². The van der Waals surface area contributed by atoms with Crippen molar-refractivity contribution in [2.24, 2.45) is 11.7 Å². The van der Waals surface area contributed by atoms with E-state index in [4.69, 9.17) is 27.8 Å². The Morgan fingerprint density at radius 3 is 2.48 bits per heavy atom. The lowest BCUT2D eigenvalue weighted by molar-refractivity contribution is -0.122. The lowest BCUT2D eigenvalue weighted by Crippen LogP contribution is -2.39. The van der Waals surface area contributed by atoms with Gasteiger partial charge in [0.15, 0.2) is 0 Å². The SMILES string of the molecule is COC(=O)c1cc(N)cc(Cl)c1N1CCC(C(N)=O)CC1. The van der Waals surface area contributed by atoms with Gasteiger partial charge in [-0.05, 0) is 25.0 Å². The maximum Gasteiger partial charge on any atom is 0.340 e. The lowest BCUT2D eigenvalue weighted by Gasteiger charge is -2.34. The zero-order valence-corrected chi connectivity index (χ0v) is 12.5. The first-order valence-electron chi connectivity index (χ1n) is 6.65. The number of carbonyl (C=O) groups is 2. The molecule has 0 saturated carbocycles. The Bertz CT molecular complexity index is 569. The Labute approximate surface area is 128 Å². The van der Waals surface area contributed by atoms with Crippen LogP contribution >= 0.6 is 11.6 Å². The second-order valence-electron chi connectivity index (χ2n) is 5.05. The Balaban J connectivity index is 2.31. The lowest BCUT2D eigenvalue weighted by atomic mass is 9.95. The zero-order valence-electron chi connectivity index (χ0n) is 11.8. The topological polar surface area (TPSA) is 98.7 Å². The van der Waals surface area contributed by atoms with Gasteiger partial charge in [-0.3, -0.25) is 4.79 Å². The van der Waals surface area contributed by atoms with Crippen LogP contribution in [0.3, 0.4) is 0 Å². The smallest absolute Gasteiger partial charge is 0.340 e. The molecule has 4 N–H and O–H groups in total. The number of nitrogens with zero attached hydrogens (tertiary/aromatic N) is 1. The number of primary amides is 1. The van der Waals surface area contributed by atoms with Crippen LogP contribution in [0.15, 0.2) is 12.1 Å². The summed E-state index contributed by atoms with van der Waals surface area (Å²) >= 11 is 6.25. The van der Waals surface area contributed by atoms with Crippen molar-refractivity contribution in [2.45, 2.75) is 12.8 Å². The molecule has 1 saturated heterocycles. The van der Waals surface area contributed by atoms with E-state index in [9.17, 15) is 9.59 Å². The average molecular weight is 312 g/mol. The van der Waals surface area contributed by atoms with E-state index in [-0.39, 0.29) is 11.8 Å². The van der Waals surface area contributed by atoms with Gasteiger partial charge in [-0.1, -0.05) is 11.6 Å². The monoisotopic (exact) mass is 311 g/mol. The maximum atomic E-state index is 11.9. The quantitative estimate of drug-likeness (QED) is 0.649. The predicted molar refractivity (Wildman–Crippen MR) is 81.3 cm³/mol. The third kappa shape index (κ3) is 3.21. The summed E-state index contributed by atoms with van der Waals surface area (Å²) in [6, 6.07) is 3.15. The highest BCUT2D eigenvalue weighted by Crippen LogP contribution is 2.35. The summed E-state index contributed by atoms with van der Waals surface area (Å²) in [6.07, 6.45) is 1.27. The molecule has 0 atom stereocenters. The number of methoxy groups -OCH3 is 1. The summed E-state index contributed by atoms with van der Waals surface area (Å²) in [4.78, 5) is 25.1. The Hall–Kier alpha value is -1.95. The average Bonchev–Trinajstić information content (AvgIpc) is 2.45. The van der Waals surface area contributed by atoms with Crippen molar-refractivity contribution in [3.8, 4) is 0 Å². The molecular weight excluding hydrogens is 294 g/mol. The highest BCUT2D eigenvalue weighted by atomic mass is 35.5. The second kappa shape index (κ2) is 6.22. The maximum absolute atomic E-state index is 11.9. The Morgan fingerprint density at radius 2 is 1.95 bits per heavy atom. The van der Waals surface area contributed by atoms with Crippen molar-refractivity contribution in [3.63, 3.8) is 0 Å². The summed E-state index contributed by atoms with van der Waals surface area (Å²) in [7, 11) is 1.31. The van der Waals surface area contributed by atoms with Crippen LogP contribution in [0.2, 0.25) is 5.02 Å². The number of nitrogen functional groups attached to an aromatic ring is 1. The van der Waals surface area contributed by atoms with E-state index in [0.717, 1.165) is 0 Å². The summed E-state index contributed by atoms with van der Waals surface area (Å²) in [6.45, 7) is 1.20. The van der Waals surface area contributed by atoms with Gasteiger partial charge in [0.1, 0.15) is 0 Å². The number of halogens is 1. The molecule has 0 aliphatic carbocycles. The number of rotatable bonds is 3. The molecule has 0 spiro atoms. The van der Waals surface area contributed by atoms with Crippen LogP contribution < -0.4 is 16.4 Å². The van der Waals surface area contributed by atoms with Crippen LogP contribution in [-0.4, -0.2) is 32.1 Å². The molecule has 1 aliphatic heterocycles. The Kier molecular flexibility index (Phi) is 4.57. The second-order valence-corrected chi connectivity index (χ2v) is 5.46. The molecule has 0 bridgehead atoms. The van der Waals surface area contributed by atoms with Crippen molar-refractivity contribution in [3.05, 3.63) is 22.7 Å². The van der Waals surface area contributed by atoms with Crippen LogP contribution in [0.25, 0.3) is 0 Å². The highest BCUT2D eigenvalue weighted by Gasteiger charge is 2.27. The standard InChI is InChI=1S/C14H18ClN3O3/c1-21-14(20)10-6-9(16)7-11(15)12(10)18-4-2-8(3-5-18)13(17)19/h6-8H,2-5,16H2,1H3,(H2,17,19). The fourth-order valence-corrected chi connectivity index (χ4v) is 2.94. The molecule has 1 aliphatic rings. The molecule has 6 nitrogen and oxygen atoms in total. The summed E-state index contributed by atoms with van der Waals surface area (Å²) in [5, 5.41) is 0.396. The van der Waals surface area contributed by atoms with Gasteiger partial charge >= 0.3 is 5.97 Å². The molecule has 0 radical (unpaired) electrons. The van der Waals surface area contributed by atoms with Gasteiger partial charge in [-0.2, -0.15) is 0 Å². The first-order chi connectivity index (χ1) is 9.93. The molecule has 7 heteroatoms. The van der Waals surface area contributed by atoms with E-state index >= 15 is 0 Å². The van der Waals surface area contributed by atoms with Crippen LogP contribution in [0, 0.1) is 5.92 Å². The minimum atomic E-state index is -0.490. The van der Waals surface area contributed by atoms with Gasteiger partial charge in [-0.25, -0.2) is 4.79 Å². The van der Waals surface area contributed by atoms with Gasteiger partial charge in [0, 0.05) is 24.7 Å². The minimum Gasteiger partial charge on any atom is -0.465 e. The number of hydrogen-bond acceptors (Lipinski definition) is 5. The first-order valence-corrected chi connectivity index (χ1v) is 7.03. The summed E-state index contributed by atoms with van der Waals surface area (Å²) in [5.74, 6) is -0.905. The van der Waals surface area contributed by atoms with Gasteiger partial charge in [0.05, 0.1) is 23.4 Å². The third-order valence-corrected chi connectivity index (χ3v) is 3.99. The molecule has 1 aromatic carbocycles. The number of piperidine rings is 1. The minimum absolute atomic E-state index is 0.129. The van der Waals surface area contributed by atoms with Crippen molar-refractivity contribution in [1.29, 1.82) is 0 Å². The molecule has 0 unspecified atom stereocenters.